The van der Waals surface area contributed by atoms with E-state index in [-0.39, 0.29) is 0 Å². The van der Waals surface area contributed by atoms with E-state index in [1.54, 1.807) is 12.5 Å². The van der Waals surface area contributed by atoms with Gasteiger partial charge >= 0.3 is 0 Å². The van der Waals surface area contributed by atoms with Gasteiger partial charge in [-0.2, -0.15) is 0 Å². The predicted octanol–water partition coefficient (Wildman–Crippen LogP) is 1.22. The third kappa shape index (κ3) is 4.68. The molecule has 0 aliphatic rings. The Hall–Kier alpha value is -1.85. The molecule has 108 valence electrons. The molecule has 0 spiro atoms. The van der Waals surface area contributed by atoms with Gasteiger partial charge in [-0.05, 0) is 18.6 Å². The average Bonchev–Trinajstić information content (AvgIpc) is 2.96. The van der Waals surface area contributed by atoms with Crippen LogP contribution in [0.2, 0.25) is 0 Å². The molecule has 0 bridgehead atoms. The van der Waals surface area contributed by atoms with Gasteiger partial charge in [0.15, 0.2) is 0 Å². The van der Waals surface area contributed by atoms with E-state index >= 15 is 0 Å². The number of hydrogen-bond donors (Lipinski definition) is 2. The first kappa shape index (κ1) is 14.6. The van der Waals surface area contributed by atoms with Crippen LogP contribution in [0.5, 0.6) is 5.75 Å². The summed E-state index contributed by atoms with van der Waals surface area (Å²) in [7, 11) is 0. The standard InChI is InChI=1S/C15H21N3O2/c1-13-4-2-3-5-15(13)20-11-14(19)10-16-6-8-18-9-7-17-12-18/h2-5,7,9,12,14,16,19H,6,8,10-11H2,1H3. The molecule has 20 heavy (non-hydrogen) atoms. The number of aliphatic hydroxyl groups is 1. The first-order chi connectivity index (χ1) is 9.75. The number of hydrogen-bond acceptors (Lipinski definition) is 4. The molecule has 0 fully saturated rings. The largest absolute Gasteiger partial charge is 0.491 e. The molecule has 1 heterocycles. The number of aryl methyl sites for hydroxylation is 1. The summed E-state index contributed by atoms with van der Waals surface area (Å²) in [6.45, 7) is 4.43. The van der Waals surface area contributed by atoms with Crippen molar-refractivity contribution in [2.75, 3.05) is 19.7 Å². The van der Waals surface area contributed by atoms with E-state index in [0.29, 0.717) is 13.2 Å². The quantitative estimate of drug-likeness (QED) is 0.711. The Morgan fingerprint density at radius 2 is 2.25 bits per heavy atom. The van der Waals surface area contributed by atoms with Crippen LogP contribution in [0.25, 0.3) is 0 Å². The average molecular weight is 275 g/mol. The lowest BCUT2D eigenvalue weighted by atomic mass is 10.2. The Morgan fingerprint density at radius 1 is 1.40 bits per heavy atom. The fourth-order valence-corrected chi connectivity index (χ4v) is 1.86. The summed E-state index contributed by atoms with van der Waals surface area (Å²) < 4.78 is 7.59. The van der Waals surface area contributed by atoms with Crippen molar-refractivity contribution in [3.8, 4) is 5.75 Å². The number of rotatable bonds is 8. The van der Waals surface area contributed by atoms with E-state index < -0.39 is 6.10 Å². The lowest BCUT2D eigenvalue weighted by molar-refractivity contribution is 0.106. The fourth-order valence-electron chi connectivity index (χ4n) is 1.86. The molecule has 5 heteroatoms. The zero-order chi connectivity index (χ0) is 14.2. The molecule has 1 aromatic carbocycles. The Labute approximate surface area is 119 Å². The van der Waals surface area contributed by atoms with Gasteiger partial charge in [-0.15, -0.1) is 0 Å². The number of aliphatic hydroxyl groups excluding tert-OH is 1. The molecule has 0 aliphatic carbocycles. The van der Waals surface area contributed by atoms with Crippen LogP contribution in [0.4, 0.5) is 0 Å². The monoisotopic (exact) mass is 275 g/mol. The number of para-hydroxylation sites is 1. The van der Waals surface area contributed by atoms with E-state index in [9.17, 15) is 5.11 Å². The highest BCUT2D eigenvalue weighted by Crippen LogP contribution is 2.16. The van der Waals surface area contributed by atoms with Gasteiger partial charge in [0.1, 0.15) is 18.5 Å². The Morgan fingerprint density at radius 3 is 3.00 bits per heavy atom. The Kier molecular flexibility index (Phi) is 5.58. The van der Waals surface area contributed by atoms with Crippen molar-refractivity contribution in [1.82, 2.24) is 14.9 Å². The highest BCUT2D eigenvalue weighted by Gasteiger charge is 2.05. The predicted molar refractivity (Wildman–Crippen MR) is 77.8 cm³/mol. The van der Waals surface area contributed by atoms with Crippen molar-refractivity contribution < 1.29 is 9.84 Å². The summed E-state index contributed by atoms with van der Waals surface area (Å²) in [5, 5.41) is 13.0. The second-order valence-electron chi connectivity index (χ2n) is 4.73. The summed E-state index contributed by atoms with van der Waals surface area (Å²) in [6, 6.07) is 7.80. The third-order valence-corrected chi connectivity index (χ3v) is 3.01. The topological polar surface area (TPSA) is 59.3 Å². The molecule has 0 saturated heterocycles. The van der Waals surface area contributed by atoms with Gasteiger partial charge in [-0.3, -0.25) is 0 Å². The number of ether oxygens (including phenoxy) is 1. The molecule has 5 nitrogen and oxygen atoms in total. The minimum absolute atomic E-state index is 0.295. The van der Waals surface area contributed by atoms with Crippen molar-refractivity contribution in [2.45, 2.75) is 19.6 Å². The van der Waals surface area contributed by atoms with Crippen LogP contribution in [0, 0.1) is 6.92 Å². The molecular formula is C15H21N3O2. The first-order valence-corrected chi connectivity index (χ1v) is 6.78. The smallest absolute Gasteiger partial charge is 0.122 e. The van der Waals surface area contributed by atoms with Crippen LogP contribution in [0.1, 0.15) is 5.56 Å². The van der Waals surface area contributed by atoms with E-state index in [2.05, 4.69) is 10.3 Å². The van der Waals surface area contributed by atoms with Crippen LogP contribution in [-0.4, -0.2) is 40.5 Å². The molecule has 2 rings (SSSR count). The lowest BCUT2D eigenvalue weighted by Gasteiger charge is -2.14. The zero-order valence-electron chi connectivity index (χ0n) is 11.7. The first-order valence-electron chi connectivity index (χ1n) is 6.78. The van der Waals surface area contributed by atoms with E-state index in [0.717, 1.165) is 24.4 Å². The van der Waals surface area contributed by atoms with Gasteiger partial charge in [0.05, 0.1) is 6.33 Å². The maximum Gasteiger partial charge on any atom is 0.122 e. The molecule has 1 aromatic heterocycles. The molecule has 0 saturated carbocycles. The highest BCUT2D eigenvalue weighted by molar-refractivity contribution is 5.31. The Balaban J connectivity index is 1.61. The maximum absolute atomic E-state index is 9.85. The number of nitrogens with one attached hydrogen (secondary N) is 1. The zero-order valence-corrected chi connectivity index (χ0v) is 11.7. The molecule has 2 N–H and O–H groups in total. The van der Waals surface area contributed by atoms with Crippen LogP contribution in [0.15, 0.2) is 43.0 Å². The lowest BCUT2D eigenvalue weighted by Crippen LogP contribution is -2.33. The van der Waals surface area contributed by atoms with E-state index in [4.69, 9.17) is 4.74 Å². The van der Waals surface area contributed by atoms with Crippen molar-refractivity contribution in [3.63, 3.8) is 0 Å². The third-order valence-electron chi connectivity index (χ3n) is 3.01. The minimum Gasteiger partial charge on any atom is -0.491 e. The minimum atomic E-state index is -0.516. The van der Waals surface area contributed by atoms with Crippen molar-refractivity contribution in [1.29, 1.82) is 0 Å². The van der Waals surface area contributed by atoms with Gasteiger partial charge in [-0.25, -0.2) is 4.98 Å². The second kappa shape index (κ2) is 7.67. The highest BCUT2D eigenvalue weighted by atomic mass is 16.5. The molecular weight excluding hydrogens is 254 g/mol. The molecule has 0 radical (unpaired) electrons. The van der Waals surface area contributed by atoms with Crippen molar-refractivity contribution in [2.24, 2.45) is 0 Å². The molecule has 1 atom stereocenters. The van der Waals surface area contributed by atoms with Gasteiger partial charge in [0.2, 0.25) is 0 Å². The summed E-state index contributed by atoms with van der Waals surface area (Å²) in [4.78, 5) is 3.97. The van der Waals surface area contributed by atoms with Gasteiger partial charge < -0.3 is 19.7 Å². The fraction of sp³-hybridized carbons (Fsp3) is 0.400. The van der Waals surface area contributed by atoms with Gasteiger partial charge in [0, 0.05) is 32.0 Å². The Bertz CT molecular complexity index is 500. The van der Waals surface area contributed by atoms with Crippen LogP contribution >= 0.6 is 0 Å². The summed E-state index contributed by atoms with van der Waals surface area (Å²) in [6.07, 6.45) is 4.93. The van der Waals surface area contributed by atoms with Crippen LogP contribution in [0.3, 0.4) is 0 Å². The summed E-state index contributed by atoms with van der Waals surface area (Å²) in [5.41, 5.74) is 1.08. The van der Waals surface area contributed by atoms with Crippen LogP contribution in [-0.2, 0) is 6.54 Å². The van der Waals surface area contributed by atoms with Crippen LogP contribution < -0.4 is 10.1 Å². The number of nitrogens with zero attached hydrogens (tertiary/aromatic N) is 2. The molecule has 1 unspecified atom stereocenters. The molecule has 0 aliphatic heterocycles. The van der Waals surface area contributed by atoms with Gasteiger partial charge in [0.25, 0.3) is 0 Å². The molecule has 0 amide bonds. The van der Waals surface area contributed by atoms with Gasteiger partial charge in [-0.1, -0.05) is 18.2 Å². The molecule has 2 aromatic rings. The number of imidazole rings is 1. The number of benzene rings is 1. The van der Waals surface area contributed by atoms with Crippen molar-refractivity contribution in [3.05, 3.63) is 48.5 Å². The summed E-state index contributed by atoms with van der Waals surface area (Å²) in [5.74, 6) is 0.824. The SMILES string of the molecule is Cc1ccccc1OCC(O)CNCCn1ccnc1. The second-order valence-corrected chi connectivity index (χ2v) is 4.73. The summed E-state index contributed by atoms with van der Waals surface area (Å²) >= 11 is 0. The normalized spacial score (nSPS) is 12.3. The van der Waals surface area contributed by atoms with E-state index in [1.807, 2.05) is 42.0 Å². The number of aromatic nitrogens is 2. The maximum atomic E-state index is 9.85. The van der Waals surface area contributed by atoms with E-state index in [1.165, 1.54) is 0 Å². The van der Waals surface area contributed by atoms with Crippen molar-refractivity contribution >= 4 is 0 Å².